The van der Waals surface area contributed by atoms with Gasteiger partial charge in [0.05, 0.1) is 6.04 Å². The molecule has 0 saturated carbocycles. The quantitative estimate of drug-likeness (QED) is 0.667. The van der Waals surface area contributed by atoms with Crippen LogP contribution in [0, 0.1) is 12.8 Å². The van der Waals surface area contributed by atoms with Gasteiger partial charge >= 0.3 is 0 Å². The molecule has 1 fully saturated rings. The van der Waals surface area contributed by atoms with Crippen molar-refractivity contribution in [2.75, 3.05) is 6.54 Å². The highest BCUT2D eigenvalue weighted by Gasteiger charge is 2.52. The van der Waals surface area contributed by atoms with Gasteiger partial charge in [-0.25, -0.2) is 0 Å². The largest absolute Gasteiger partial charge is 0.467 e. The van der Waals surface area contributed by atoms with Gasteiger partial charge in [-0.1, -0.05) is 30.7 Å². The van der Waals surface area contributed by atoms with E-state index in [1.165, 1.54) is 11.1 Å². The highest BCUT2D eigenvalue weighted by atomic mass is 32.1. The molecule has 0 radical (unpaired) electrons. The predicted octanol–water partition coefficient (Wildman–Crippen LogP) is 3.16. The number of thiocarbonyl (C=S) groups is 1. The molecule has 106 valence electrons. The lowest BCUT2D eigenvalue weighted by Crippen LogP contribution is -2.68. The maximum absolute atomic E-state index is 6.34. The Balaban J connectivity index is 2.12. The van der Waals surface area contributed by atoms with Crippen molar-refractivity contribution in [2.24, 2.45) is 5.92 Å². The van der Waals surface area contributed by atoms with Crippen LogP contribution in [0.25, 0.3) is 0 Å². The number of benzene rings is 1. The molecule has 1 N–H and O–H groups in total. The van der Waals surface area contributed by atoms with Gasteiger partial charge in [0.25, 0.3) is 0 Å². The summed E-state index contributed by atoms with van der Waals surface area (Å²) in [6.07, 6.45) is 1.86. The van der Waals surface area contributed by atoms with Gasteiger partial charge in [-0.15, -0.1) is 6.58 Å². The van der Waals surface area contributed by atoms with Gasteiger partial charge in [0, 0.05) is 18.0 Å². The highest BCUT2D eigenvalue weighted by molar-refractivity contribution is 7.80. The Morgan fingerprint density at radius 1 is 1.55 bits per heavy atom. The van der Waals surface area contributed by atoms with Crippen molar-refractivity contribution >= 4 is 17.3 Å². The van der Waals surface area contributed by atoms with E-state index in [9.17, 15) is 0 Å². The van der Waals surface area contributed by atoms with Gasteiger partial charge in [-0.2, -0.15) is 0 Å². The van der Waals surface area contributed by atoms with Crippen LogP contribution in [-0.2, 0) is 0 Å². The number of hydrogen-bond donors (Lipinski definition) is 1. The van der Waals surface area contributed by atoms with Crippen LogP contribution in [0.15, 0.2) is 30.9 Å². The van der Waals surface area contributed by atoms with Gasteiger partial charge in [0.1, 0.15) is 5.75 Å². The number of rotatable bonds is 2. The van der Waals surface area contributed by atoms with Gasteiger partial charge < -0.3 is 15.0 Å². The summed E-state index contributed by atoms with van der Waals surface area (Å²) >= 11 is 5.52. The number of aryl methyl sites for hydroxylation is 1. The van der Waals surface area contributed by atoms with Crippen LogP contribution in [0.3, 0.4) is 0 Å². The molecule has 0 aliphatic carbocycles. The second-order valence-electron chi connectivity index (χ2n) is 5.81. The first-order chi connectivity index (χ1) is 9.47. The predicted molar refractivity (Wildman–Crippen MR) is 84.8 cm³/mol. The van der Waals surface area contributed by atoms with E-state index in [2.05, 4.69) is 55.8 Å². The minimum Gasteiger partial charge on any atom is -0.467 e. The van der Waals surface area contributed by atoms with Crippen molar-refractivity contribution in [3.05, 3.63) is 42.0 Å². The van der Waals surface area contributed by atoms with E-state index in [1.54, 1.807) is 0 Å². The number of hydrogen-bond acceptors (Lipinski definition) is 2. The summed E-state index contributed by atoms with van der Waals surface area (Å²) in [6.45, 7) is 10.9. The third kappa shape index (κ3) is 1.74. The van der Waals surface area contributed by atoms with E-state index in [-0.39, 0.29) is 6.04 Å². The Morgan fingerprint density at radius 3 is 3.00 bits per heavy atom. The van der Waals surface area contributed by atoms with E-state index >= 15 is 0 Å². The molecule has 0 aromatic heterocycles. The van der Waals surface area contributed by atoms with Gasteiger partial charge in [0.15, 0.2) is 10.8 Å². The molecule has 2 heterocycles. The minimum absolute atomic E-state index is 0.206. The van der Waals surface area contributed by atoms with E-state index in [1.807, 2.05) is 6.08 Å². The molecule has 1 saturated heterocycles. The molecule has 2 aliphatic heterocycles. The Labute approximate surface area is 125 Å². The molecule has 1 aromatic rings. The third-order valence-electron chi connectivity index (χ3n) is 4.53. The zero-order chi connectivity index (χ0) is 14.5. The third-order valence-corrected chi connectivity index (χ3v) is 4.87. The lowest BCUT2D eigenvalue weighted by Gasteiger charge is -2.56. The molecule has 0 amide bonds. The number of ether oxygens (including phenoxy) is 1. The summed E-state index contributed by atoms with van der Waals surface area (Å²) in [5.41, 5.74) is 2.02. The molecule has 3 unspecified atom stereocenters. The zero-order valence-corrected chi connectivity index (χ0v) is 13.0. The lowest BCUT2D eigenvalue weighted by atomic mass is 9.80. The average Bonchev–Trinajstić information content (AvgIpc) is 2.40. The number of nitrogens with one attached hydrogen (secondary N) is 1. The smallest absolute Gasteiger partial charge is 0.187 e. The first-order valence-electron chi connectivity index (χ1n) is 6.96. The van der Waals surface area contributed by atoms with Crippen LogP contribution < -0.4 is 10.1 Å². The summed E-state index contributed by atoms with van der Waals surface area (Å²) in [7, 11) is 0. The Morgan fingerprint density at radius 2 is 2.30 bits per heavy atom. The molecule has 1 aromatic carbocycles. The molecular weight excluding hydrogens is 268 g/mol. The van der Waals surface area contributed by atoms with Crippen molar-refractivity contribution in [3.63, 3.8) is 0 Å². The highest BCUT2D eigenvalue weighted by Crippen LogP contribution is 2.47. The summed E-state index contributed by atoms with van der Waals surface area (Å²) in [5.74, 6) is 1.24. The molecule has 0 spiro atoms. The zero-order valence-electron chi connectivity index (χ0n) is 12.1. The summed E-state index contributed by atoms with van der Waals surface area (Å²) in [5, 5.41) is 4.21. The van der Waals surface area contributed by atoms with Crippen molar-refractivity contribution in [2.45, 2.75) is 32.5 Å². The van der Waals surface area contributed by atoms with Crippen LogP contribution in [0.5, 0.6) is 5.75 Å². The van der Waals surface area contributed by atoms with Crippen molar-refractivity contribution in [3.8, 4) is 5.75 Å². The minimum atomic E-state index is -0.427. The van der Waals surface area contributed by atoms with Crippen LogP contribution in [0.4, 0.5) is 0 Å². The molecule has 2 aliphatic rings. The fourth-order valence-electron chi connectivity index (χ4n) is 3.21. The maximum Gasteiger partial charge on any atom is 0.187 e. The fourth-order valence-corrected chi connectivity index (χ4v) is 3.59. The molecule has 3 nitrogen and oxygen atoms in total. The Kier molecular flexibility index (Phi) is 3.01. The van der Waals surface area contributed by atoms with Gasteiger partial charge in [-0.05, 0) is 32.1 Å². The van der Waals surface area contributed by atoms with Gasteiger partial charge in [-0.3, -0.25) is 0 Å². The van der Waals surface area contributed by atoms with Crippen molar-refractivity contribution in [1.82, 2.24) is 10.2 Å². The topological polar surface area (TPSA) is 24.5 Å². The number of fused-ring (bicyclic) bond motifs is 4. The SMILES string of the molecule is C=CCN1C(=S)NC2c3cc(C)ccc3OC1(C)C2C. The molecule has 2 bridgehead atoms. The van der Waals surface area contributed by atoms with Crippen LogP contribution >= 0.6 is 12.2 Å². The summed E-state index contributed by atoms with van der Waals surface area (Å²) in [6, 6.07) is 6.54. The van der Waals surface area contributed by atoms with Crippen molar-refractivity contribution < 1.29 is 4.74 Å². The number of nitrogens with zero attached hydrogens (tertiary/aromatic N) is 1. The molecule has 20 heavy (non-hydrogen) atoms. The first kappa shape index (κ1) is 13.4. The summed E-state index contributed by atoms with van der Waals surface area (Å²) in [4.78, 5) is 2.08. The van der Waals surface area contributed by atoms with Crippen LogP contribution in [0.2, 0.25) is 0 Å². The van der Waals surface area contributed by atoms with E-state index < -0.39 is 5.72 Å². The lowest BCUT2D eigenvalue weighted by molar-refractivity contribution is -0.106. The average molecular weight is 288 g/mol. The van der Waals surface area contributed by atoms with Gasteiger partial charge in [0.2, 0.25) is 0 Å². The van der Waals surface area contributed by atoms with E-state index in [0.29, 0.717) is 12.5 Å². The Bertz CT molecular complexity index is 586. The first-order valence-corrected chi connectivity index (χ1v) is 7.37. The van der Waals surface area contributed by atoms with Crippen molar-refractivity contribution in [1.29, 1.82) is 0 Å². The standard InChI is InChI=1S/C16H20N2OS/c1-5-8-18-15(20)17-14-11(3)16(18,4)19-13-7-6-10(2)9-12(13)14/h5-7,9,11,14H,1,8H2,2-4H3,(H,17,20). The maximum atomic E-state index is 6.34. The molecule has 3 atom stereocenters. The Hall–Kier alpha value is -1.55. The van der Waals surface area contributed by atoms with E-state index in [0.717, 1.165) is 10.9 Å². The van der Waals surface area contributed by atoms with Crippen LogP contribution in [-0.4, -0.2) is 22.3 Å². The second-order valence-corrected chi connectivity index (χ2v) is 6.20. The molecular formula is C16H20N2OS. The monoisotopic (exact) mass is 288 g/mol. The van der Waals surface area contributed by atoms with E-state index in [4.69, 9.17) is 17.0 Å². The molecule has 4 heteroatoms. The normalized spacial score (nSPS) is 31.1. The fraction of sp³-hybridized carbons (Fsp3) is 0.438. The summed E-state index contributed by atoms with van der Waals surface area (Å²) < 4.78 is 6.34. The van der Waals surface area contributed by atoms with Crippen LogP contribution in [0.1, 0.15) is 31.0 Å². The second kappa shape index (κ2) is 4.48. The molecule has 3 rings (SSSR count).